The third kappa shape index (κ3) is 4.72. The highest BCUT2D eigenvalue weighted by atomic mass is 16.5. The molecule has 0 atom stereocenters. The highest BCUT2D eigenvalue weighted by Crippen LogP contribution is 1.99. The molecule has 2 aromatic rings. The summed E-state index contributed by atoms with van der Waals surface area (Å²) in [6, 6.07) is 6.47. The molecule has 6 heteroatoms. The Kier molecular flexibility index (Phi) is 5.64. The number of aromatic nitrogens is 2. The first-order valence-corrected chi connectivity index (χ1v) is 6.37. The molecule has 0 aromatic carbocycles. The molecule has 0 spiro atoms. The topological polar surface area (TPSA) is 78.4 Å². The normalized spacial score (nSPS) is 9.27. The molecule has 0 bridgehead atoms. The second kappa shape index (κ2) is 8.17. The van der Waals surface area contributed by atoms with E-state index in [4.69, 9.17) is 9.47 Å². The van der Waals surface area contributed by atoms with Crippen LogP contribution in [0.2, 0.25) is 0 Å². The summed E-state index contributed by atoms with van der Waals surface area (Å²) in [5.41, 5.74) is 0.708. The maximum Gasteiger partial charge on any atom is 0.340 e. The Morgan fingerprint density at radius 2 is 1.32 bits per heavy atom. The standard InChI is InChI=1S/C16H12N2O4/c19-15(13-5-3-7-17-11-13)21-9-1-2-10-22-16(20)14-6-4-8-18-12-14/h3-8,11-12H,9-10H2. The van der Waals surface area contributed by atoms with Crippen LogP contribution in [0.4, 0.5) is 0 Å². The molecular weight excluding hydrogens is 284 g/mol. The number of carbonyl (C=O) groups excluding carboxylic acids is 2. The van der Waals surface area contributed by atoms with Gasteiger partial charge in [-0.05, 0) is 24.3 Å². The Morgan fingerprint density at radius 3 is 1.68 bits per heavy atom. The smallest absolute Gasteiger partial charge is 0.340 e. The Hall–Kier alpha value is -3.20. The van der Waals surface area contributed by atoms with Crippen molar-refractivity contribution in [2.75, 3.05) is 13.2 Å². The minimum Gasteiger partial charge on any atom is -0.449 e. The largest absolute Gasteiger partial charge is 0.449 e. The van der Waals surface area contributed by atoms with Crippen LogP contribution in [0.15, 0.2) is 49.1 Å². The van der Waals surface area contributed by atoms with E-state index in [-0.39, 0.29) is 13.2 Å². The van der Waals surface area contributed by atoms with Crippen molar-refractivity contribution in [3.05, 3.63) is 60.2 Å². The summed E-state index contributed by atoms with van der Waals surface area (Å²) in [7, 11) is 0. The SMILES string of the molecule is O=C(OCC#CCOC(=O)c1cccnc1)c1cccnc1. The third-order valence-corrected chi connectivity index (χ3v) is 2.47. The lowest BCUT2D eigenvalue weighted by Gasteiger charge is -2.00. The van der Waals surface area contributed by atoms with E-state index in [9.17, 15) is 9.59 Å². The average Bonchev–Trinajstić information content (AvgIpc) is 2.59. The van der Waals surface area contributed by atoms with Crippen LogP contribution in [0.5, 0.6) is 0 Å². The molecule has 0 fully saturated rings. The van der Waals surface area contributed by atoms with Gasteiger partial charge in [0.15, 0.2) is 13.2 Å². The van der Waals surface area contributed by atoms with Gasteiger partial charge in [0.25, 0.3) is 0 Å². The molecule has 0 N–H and O–H groups in total. The average molecular weight is 296 g/mol. The summed E-state index contributed by atoms with van der Waals surface area (Å²) >= 11 is 0. The zero-order valence-corrected chi connectivity index (χ0v) is 11.6. The van der Waals surface area contributed by atoms with Crippen molar-refractivity contribution < 1.29 is 19.1 Å². The van der Waals surface area contributed by atoms with Gasteiger partial charge in [0.2, 0.25) is 0 Å². The number of esters is 2. The molecule has 0 saturated carbocycles. The second-order valence-corrected chi connectivity index (χ2v) is 3.99. The molecular formula is C16H12N2O4. The van der Waals surface area contributed by atoms with Gasteiger partial charge in [-0.15, -0.1) is 0 Å². The molecule has 0 aliphatic carbocycles. The molecule has 22 heavy (non-hydrogen) atoms. The fourth-order valence-electron chi connectivity index (χ4n) is 1.44. The zero-order valence-electron chi connectivity index (χ0n) is 11.6. The number of ether oxygens (including phenoxy) is 2. The van der Waals surface area contributed by atoms with Crippen LogP contribution in [-0.2, 0) is 9.47 Å². The van der Waals surface area contributed by atoms with Gasteiger partial charge in [-0.3, -0.25) is 9.97 Å². The Morgan fingerprint density at radius 1 is 0.864 bits per heavy atom. The quantitative estimate of drug-likeness (QED) is 0.628. The van der Waals surface area contributed by atoms with Crippen LogP contribution >= 0.6 is 0 Å². The molecule has 0 unspecified atom stereocenters. The van der Waals surface area contributed by atoms with Gasteiger partial charge in [-0.1, -0.05) is 11.8 Å². The van der Waals surface area contributed by atoms with Gasteiger partial charge >= 0.3 is 11.9 Å². The molecule has 2 aromatic heterocycles. The fraction of sp³-hybridized carbons (Fsp3) is 0.125. The first-order chi connectivity index (χ1) is 10.8. The molecule has 0 amide bonds. The molecule has 0 aliphatic heterocycles. The van der Waals surface area contributed by atoms with Crippen LogP contribution in [-0.4, -0.2) is 35.1 Å². The number of pyridine rings is 2. The van der Waals surface area contributed by atoms with E-state index in [1.807, 2.05) is 0 Å². The number of carbonyl (C=O) groups is 2. The van der Waals surface area contributed by atoms with E-state index < -0.39 is 11.9 Å². The van der Waals surface area contributed by atoms with Gasteiger partial charge in [0, 0.05) is 24.8 Å². The summed E-state index contributed by atoms with van der Waals surface area (Å²) in [6.07, 6.45) is 5.94. The van der Waals surface area contributed by atoms with Crippen LogP contribution in [0.25, 0.3) is 0 Å². The molecule has 2 rings (SSSR count). The summed E-state index contributed by atoms with van der Waals surface area (Å²) in [6.45, 7) is -0.170. The third-order valence-electron chi connectivity index (χ3n) is 2.47. The number of hydrogen-bond acceptors (Lipinski definition) is 6. The van der Waals surface area contributed by atoms with E-state index in [0.717, 1.165) is 0 Å². The number of rotatable bonds is 4. The van der Waals surface area contributed by atoms with Crippen molar-refractivity contribution >= 4 is 11.9 Å². The van der Waals surface area contributed by atoms with Crippen LogP contribution in [0.1, 0.15) is 20.7 Å². The second-order valence-electron chi connectivity index (χ2n) is 3.99. The summed E-state index contributed by atoms with van der Waals surface area (Å²) in [5.74, 6) is 4.16. The molecule has 6 nitrogen and oxygen atoms in total. The summed E-state index contributed by atoms with van der Waals surface area (Å²) < 4.78 is 9.83. The molecule has 110 valence electrons. The van der Waals surface area contributed by atoms with Crippen molar-refractivity contribution in [1.29, 1.82) is 0 Å². The van der Waals surface area contributed by atoms with Gasteiger partial charge in [-0.2, -0.15) is 0 Å². The van der Waals surface area contributed by atoms with Crippen LogP contribution in [0.3, 0.4) is 0 Å². The summed E-state index contributed by atoms with van der Waals surface area (Å²) in [4.78, 5) is 30.7. The van der Waals surface area contributed by atoms with Crippen LogP contribution < -0.4 is 0 Å². The molecule has 2 heterocycles. The predicted molar refractivity (Wildman–Crippen MR) is 76.8 cm³/mol. The van der Waals surface area contributed by atoms with E-state index in [1.165, 1.54) is 12.4 Å². The lowest BCUT2D eigenvalue weighted by Crippen LogP contribution is -2.07. The van der Waals surface area contributed by atoms with Crippen molar-refractivity contribution in [3.63, 3.8) is 0 Å². The van der Waals surface area contributed by atoms with Crippen LogP contribution in [0, 0.1) is 11.8 Å². The number of nitrogens with zero attached hydrogens (tertiary/aromatic N) is 2. The Balaban J connectivity index is 1.70. The van der Waals surface area contributed by atoms with Gasteiger partial charge < -0.3 is 9.47 Å². The minimum atomic E-state index is -0.505. The fourth-order valence-corrected chi connectivity index (χ4v) is 1.44. The van der Waals surface area contributed by atoms with E-state index in [1.54, 1.807) is 36.7 Å². The van der Waals surface area contributed by atoms with Crippen molar-refractivity contribution in [3.8, 4) is 11.8 Å². The van der Waals surface area contributed by atoms with Crippen molar-refractivity contribution in [2.45, 2.75) is 0 Å². The van der Waals surface area contributed by atoms with Gasteiger partial charge in [-0.25, -0.2) is 9.59 Å². The highest BCUT2D eigenvalue weighted by molar-refractivity contribution is 5.89. The van der Waals surface area contributed by atoms with E-state index >= 15 is 0 Å². The summed E-state index contributed by atoms with van der Waals surface area (Å²) in [5, 5.41) is 0. The van der Waals surface area contributed by atoms with Gasteiger partial charge in [0.05, 0.1) is 11.1 Å². The monoisotopic (exact) mass is 296 g/mol. The molecule has 0 saturated heterocycles. The highest BCUT2D eigenvalue weighted by Gasteiger charge is 2.05. The maximum atomic E-state index is 11.5. The lowest BCUT2D eigenvalue weighted by atomic mass is 10.3. The molecule has 0 radical (unpaired) electrons. The number of hydrogen-bond donors (Lipinski definition) is 0. The molecule has 0 aliphatic rings. The maximum absolute atomic E-state index is 11.5. The Bertz CT molecular complexity index is 631. The van der Waals surface area contributed by atoms with E-state index in [2.05, 4.69) is 21.8 Å². The van der Waals surface area contributed by atoms with Gasteiger partial charge in [0.1, 0.15) is 0 Å². The Labute approximate surface area is 127 Å². The minimum absolute atomic E-state index is 0.0851. The predicted octanol–water partition coefficient (Wildman–Crippen LogP) is 1.49. The van der Waals surface area contributed by atoms with Crippen molar-refractivity contribution in [1.82, 2.24) is 9.97 Å². The van der Waals surface area contributed by atoms with E-state index in [0.29, 0.717) is 11.1 Å². The zero-order chi connectivity index (χ0) is 15.6. The lowest BCUT2D eigenvalue weighted by molar-refractivity contribution is 0.0539. The first kappa shape index (κ1) is 15.2. The first-order valence-electron chi connectivity index (χ1n) is 6.37. The van der Waals surface area contributed by atoms with Crippen molar-refractivity contribution in [2.24, 2.45) is 0 Å².